The Morgan fingerprint density at radius 1 is 1.27 bits per heavy atom. The Hall–Kier alpha value is -2.04. The van der Waals surface area contributed by atoms with Crippen molar-refractivity contribution in [2.24, 2.45) is 0 Å². The van der Waals surface area contributed by atoms with E-state index >= 15 is 0 Å². The number of nitrogens with zero attached hydrogens (tertiary/aromatic N) is 3. The lowest BCUT2D eigenvalue weighted by atomic mass is 9.78. The average molecular weight is 299 g/mol. The van der Waals surface area contributed by atoms with Gasteiger partial charge in [0.2, 0.25) is 0 Å². The van der Waals surface area contributed by atoms with Crippen LogP contribution in [-0.4, -0.2) is 35.0 Å². The van der Waals surface area contributed by atoms with Crippen molar-refractivity contribution in [1.29, 1.82) is 5.26 Å². The van der Waals surface area contributed by atoms with E-state index < -0.39 is 18.3 Å². The molecule has 0 radical (unpaired) electrons. The minimum absolute atomic E-state index is 0.454. The third-order valence-corrected chi connectivity index (χ3v) is 4.48. The summed E-state index contributed by atoms with van der Waals surface area (Å²) in [7, 11) is 1.01. The number of pyridine rings is 1. The van der Waals surface area contributed by atoms with E-state index in [0.29, 0.717) is 16.8 Å². The van der Waals surface area contributed by atoms with Crippen molar-refractivity contribution >= 4 is 18.1 Å². The molecule has 7 heteroatoms. The lowest BCUT2D eigenvalue weighted by molar-refractivity contribution is 0.00578. The highest BCUT2D eigenvalue weighted by molar-refractivity contribution is 6.64. The third-order valence-electron chi connectivity index (χ3n) is 4.48. The number of rotatable bonds is 2. The molecule has 1 aliphatic heterocycles. The van der Waals surface area contributed by atoms with Gasteiger partial charge in [0.05, 0.1) is 41.8 Å². The van der Waals surface area contributed by atoms with E-state index in [1.807, 2.05) is 33.8 Å². The summed E-state index contributed by atoms with van der Waals surface area (Å²) in [5, 5.41) is 13.5. The van der Waals surface area contributed by atoms with Gasteiger partial charge in [-0.15, -0.1) is 0 Å². The molecule has 0 spiro atoms. The van der Waals surface area contributed by atoms with Crippen LogP contribution >= 0.6 is 0 Å². The van der Waals surface area contributed by atoms with Gasteiger partial charge < -0.3 is 14.0 Å². The minimum atomic E-state index is -0.577. The van der Waals surface area contributed by atoms with Gasteiger partial charge in [0.1, 0.15) is 11.8 Å². The monoisotopic (exact) mass is 299 g/mol. The smallest absolute Gasteiger partial charge is 0.495 e. The van der Waals surface area contributed by atoms with Crippen LogP contribution in [0.3, 0.4) is 0 Å². The van der Waals surface area contributed by atoms with E-state index in [9.17, 15) is 5.26 Å². The molecular weight excluding hydrogens is 281 g/mol. The summed E-state index contributed by atoms with van der Waals surface area (Å²) in [6, 6.07) is 3.99. The van der Waals surface area contributed by atoms with Crippen LogP contribution in [0.1, 0.15) is 33.3 Å². The lowest BCUT2D eigenvalue weighted by Crippen LogP contribution is -2.41. The van der Waals surface area contributed by atoms with E-state index in [4.69, 9.17) is 14.0 Å². The van der Waals surface area contributed by atoms with E-state index in [0.717, 1.165) is 5.46 Å². The van der Waals surface area contributed by atoms with Crippen LogP contribution in [-0.2, 0) is 9.31 Å². The van der Waals surface area contributed by atoms with Crippen molar-refractivity contribution in [3.8, 4) is 11.8 Å². The normalized spacial score (nSPS) is 19.4. The maximum atomic E-state index is 9.31. The Kier molecular flexibility index (Phi) is 3.20. The molecule has 0 aliphatic carbocycles. The minimum Gasteiger partial charge on any atom is -0.495 e. The Morgan fingerprint density at radius 2 is 1.91 bits per heavy atom. The first-order valence-corrected chi connectivity index (χ1v) is 7.10. The first-order chi connectivity index (χ1) is 10.3. The molecule has 3 heterocycles. The number of ether oxygens (including phenoxy) is 1. The van der Waals surface area contributed by atoms with Crippen molar-refractivity contribution in [3.63, 3.8) is 0 Å². The first-order valence-electron chi connectivity index (χ1n) is 7.10. The molecule has 1 aliphatic rings. The van der Waals surface area contributed by atoms with E-state index in [2.05, 4.69) is 11.2 Å². The molecule has 0 N–H and O–H groups in total. The molecule has 1 saturated heterocycles. The topological polar surface area (TPSA) is 68.8 Å². The van der Waals surface area contributed by atoms with Gasteiger partial charge >= 0.3 is 7.12 Å². The summed E-state index contributed by atoms with van der Waals surface area (Å²) in [6.45, 7) is 7.97. The van der Waals surface area contributed by atoms with Crippen LogP contribution in [0.2, 0.25) is 0 Å². The molecule has 22 heavy (non-hydrogen) atoms. The molecule has 114 valence electrons. The van der Waals surface area contributed by atoms with Crippen LogP contribution in [0, 0.1) is 11.3 Å². The number of methoxy groups -OCH3 is 1. The van der Waals surface area contributed by atoms with E-state index in [-0.39, 0.29) is 0 Å². The standard InChI is InChI=1S/C15H18BN3O3/c1-14(2)15(3,4)22-16(21-14)12-6-11(20-5)9-19-13(12)10(7-17)8-18-19/h6,8-9H,1-5H3. The van der Waals surface area contributed by atoms with Crippen molar-refractivity contribution in [3.05, 3.63) is 24.0 Å². The second kappa shape index (κ2) is 4.73. The van der Waals surface area contributed by atoms with Crippen LogP contribution < -0.4 is 10.2 Å². The number of nitriles is 1. The van der Waals surface area contributed by atoms with Gasteiger partial charge in [-0.2, -0.15) is 10.4 Å². The predicted octanol–water partition coefficient (Wildman–Crippen LogP) is 1.51. The van der Waals surface area contributed by atoms with Gasteiger partial charge in [-0.25, -0.2) is 4.52 Å². The number of hydrogen-bond donors (Lipinski definition) is 0. The largest absolute Gasteiger partial charge is 0.497 e. The van der Waals surface area contributed by atoms with Crippen LogP contribution in [0.15, 0.2) is 18.5 Å². The maximum absolute atomic E-state index is 9.31. The summed E-state index contributed by atoms with van der Waals surface area (Å²) in [5.41, 5.74) is 0.996. The highest BCUT2D eigenvalue weighted by Crippen LogP contribution is 2.37. The molecule has 6 nitrogen and oxygen atoms in total. The zero-order valence-corrected chi connectivity index (χ0v) is 13.4. The van der Waals surface area contributed by atoms with Crippen LogP contribution in [0.5, 0.6) is 5.75 Å². The van der Waals surface area contributed by atoms with E-state index in [1.165, 1.54) is 6.20 Å². The first kappa shape index (κ1) is 14.9. The zero-order valence-electron chi connectivity index (χ0n) is 13.4. The van der Waals surface area contributed by atoms with Crippen LogP contribution in [0.4, 0.5) is 0 Å². The molecule has 2 aromatic rings. The average Bonchev–Trinajstić information content (AvgIpc) is 2.96. The summed E-state index contributed by atoms with van der Waals surface area (Å²) in [4.78, 5) is 0. The Labute approximate surface area is 129 Å². The summed E-state index contributed by atoms with van der Waals surface area (Å²) >= 11 is 0. The van der Waals surface area contributed by atoms with Gasteiger partial charge in [0.15, 0.2) is 0 Å². The molecule has 0 aromatic carbocycles. The van der Waals surface area contributed by atoms with Gasteiger partial charge in [0.25, 0.3) is 0 Å². The molecule has 0 unspecified atom stereocenters. The number of fused-ring (bicyclic) bond motifs is 1. The molecule has 0 saturated carbocycles. The van der Waals surface area contributed by atoms with Crippen molar-refractivity contribution in [1.82, 2.24) is 9.61 Å². The lowest BCUT2D eigenvalue weighted by Gasteiger charge is -2.32. The quantitative estimate of drug-likeness (QED) is 0.786. The SMILES string of the molecule is COc1cc(B2OC(C)(C)C(C)(C)O2)c2c(C#N)cnn2c1. The van der Waals surface area contributed by atoms with Crippen molar-refractivity contribution < 1.29 is 14.0 Å². The number of aromatic nitrogens is 2. The third kappa shape index (κ3) is 2.07. The predicted molar refractivity (Wildman–Crippen MR) is 82.2 cm³/mol. The molecular formula is C15H18BN3O3. The maximum Gasteiger partial charge on any atom is 0.497 e. The van der Waals surface area contributed by atoms with E-state index in [1.54, 1.807) is 17.8 Å². The number of hydrogen-bond acceptors (Lipinski definition) is 5. The summed E-state index contributed by atoms with van der Waals surface area (Å²) < 4.78 is 19.1. The summed E-state index contributed by atoms with van der Waals surface area (Å²) in [5.74, 6) is 0.629. The van der Waals surface area contributed by atoms with Gasteiger partial charge in [-0.1, -0.05) is 0 Å². The van der Waals surface area contributed by atoms with Gasteiger partial charge in [0, 0.05) is 5.46 Å². The molecule has 1 fully saturated rings. The Balaban J connectivity index is 2.18. The van der Waals surface area contributed by atoms with Crippen LogP contribution in [0.25, 0.3) is 5.52 Å². The molecule has 0 atom stereocenters. The molecule has 0 bridgehead atoms. The fourth-order valence-corrected chi connectivity index (χ4v) is 2.47. The Morgan fingerprint density at radius 3 is 2.45 bits per heavy atom. The molecule has 3 rings (SSSR count). The van der Waals surface area contributed by atoms with Crippen molar-refractivity contribution in [2.75, 3.05) is 7.11 Å². The zero-order chi connectivity index (χ0) is 16.1. The second-order valence-electron chi connectivity index (χ2n) is 6.39. The second-order valence-corrected chi connectivity index (χ2v) is 6.39. The Bertz CT molecular complexity index is 760. The summed E-state index contributed by atoms with van der Waals surface area (Å²) in [6.07, 6.45) is 3.26. The fourth-order valence-electron chi connectivity index (χ4n) is 2.47. The molecule has 2 aromatic heterocycles. The highest BCUT2D eigenvalue weighted by atomic mass is 16.7. The van der Waals surface area contributed by atoms with Gasteiger partial charge in [-0.05, 0) is 33.8 Å². The highest BCUT2D eigenvalue weighted by Gasteiger charge is 2.52. The fraction of sp³-hybridized carbons (Fsp3) is 0.467. The van der Waals surface area contributed by atoms with Crippen molar-refractivity contribution in [2.45, 2.75) is 38.9 Å². The molecule has 0 amide bonds. The van der Waals surface area contributed by atoms with Gasteiger partial charge in [-0.3, -0.25) is 0 Å².